The van der Waals surface area contributed by atoms with Crippen molar-refractivity contribution >= 4 is 5.82 Å². The molecule has 0 spiro atoms. The van der Waals surface area contributed by atoms with E-state index in [-0.39, 0.29) is 0 Å². The van der Waals surface area contributed by atoms with Crippen LogP contribution in [0, 0.1) is 0 Å². The highest BCUT2D eigenvalue weighted by atomic mass is 15.0. The molecule has 1 fully saturated rings. The minimum atomic E-state index is 0.783. The monoisotopic (exact) mass is 148 g/mol. The van der Waals surface area contributed by atoms with E-state index in [1.165, 1.54) is 18.4 Å². The Bertz CT molecular complexity index is 253. The fourth-order valence-corrected chi connectivity index (χ4v) is 1.35. The van der Waals surface area contributed by atoms with Crippen molar-refractivity contribution in [3.05, 3.63) is 23.9 Å². The van der Waals surface area contributed by atoms with Crippen molar-refractivity contribution in [1.82, 2.24) is 4.98 Å². The van der Waals surface area contributed by atoms with Crippen molar-refractivity contribution in [2.75, 3.05) is 12.4 Å². The van der Waals surface area contributed by atoms with Crippen molar-refractivity contribution in [2.45, 2.75) is 18.8 Å². The van der Waals surface area contributed by atoms with Crippen LogP contribution in [0.5, 0.6) is 0 Å². The number of pyridine rings is 1. The zero-order valence-electron chi connectivity index (χ0n) is 6.67. The number of nitrogens with zero attached hydrogens (tertiary/aromatic N) is 1. The van der Waals surface area contributed by atoms with Crippen LogP contribution in [0.1, 0.15) is 24.3 Å². The average Bonchev–Trinajstić information content (AvgIpc) is 2.87. The van der Waals surface area contributed by atoms with Gasteiger partial charge < -0.3 is 5.32 Å². The van der Waals surface area contributed by atoms with Crippen LogP contribution < -0.4 is 5.32 Å². The smallest absolute Gasteiger partial charge is 0.129 e. The Hall–Kier alpha value is -1.05. The van der Waals surface area contributed by atoms with Gasteiger partial charge in [-0.05, 0) is 30.4 Å². The molecule has 0 bridgehead atoms. The maximum atomic E-state index is 4.25. The second-order valence-corrected chi connectivity index (χ2v) is 2.97. The highest BCUT2D eigenvalue weighted by Gasteiger charge is 2.25. The third kappa shape index (κ3) is 1.20. The zero-order valence-corrected chi connectivity index (χ0v) is 6.67. The van der Waals surface area contributed by atoms with E-state index in [9.17, 15) is 0 Å². The number of anilines is 1. The highest BCUT2D eigenvalue weighted by Crippen LogP contribution is 2.42. The molecule has 58 valence electrons. The molecule has 11 heavy (non-hydrogen) atoms. The molecule has 0 amide bonds. The van der Waals surface area contributed by atoms with Crippen molar-refractivity contribution in [2.24, 2.45) is 0 Å². The summed E-state index contributed by atoms with van der Waals surface area (Å²) in [6.45, 7) is 0. The summed E-state index contributed by atoms with van der Waals surface area (Å²) < 4.78 is 0. The van der Waals surface area contributed by atoms with Gasteiger partial charge in [0.25, 0.3) is 0 Å². The average molecular weight is 148 g/mol. The van der Waals surface area contributed by atoms with Crippen LogP contribution in [0.4, 0.5) is 5.82 Å². The van der Waals surface area contributed by atoms with E-state index in [2.05, 4.69) is 16.4 Å². The maximum absolute atomic E-state index is 4.25. The fourth-order valence-electron chi connectivity index (χ4n) is 1.35. The van der Waals surface area contributed by atoms with E-state index < -0.39 is 0 Å². The Kier molecular flexibility index (Phi) is 1.53. The number of hydrogen-bond donors (Lipinski definition) is 1. The molecule has 1 heterocycles. The lowest BCUT2D eigenvalue weighted by Crippen LogP contribution is -1.96. The minimum Gasteiger partial charge on any atom is -0.373 e. The molecule has 0 aromatic carbocycles. The number of aromatic nitrogens is 1. The van der Waals surface area contributed by atoms with Crippen LogP contribution in [-0.2, 0) is 0 Å². The molecule has 0 atom stereocenters. The van der Waals surface area contributed by atoms with Crippen molar-refractivity contribution in [1.29, 1.82) is 0 Å². The normalized spacial score (nSPS) is 16.5. The Morgan fingerprint density at radius 2 is 2.36 bits per heavy atom. The number of nitrogens with one attached hydrogen (secondary N) is 1. The molecule has 0 saturated heterocycles. The van der Waals surface area contributed by atoms with E-state index in [1.807, 2.05) is 19.3 Å². The predicted octanol–water partition coefficient (Wildman–Crippen LogP) is 2.00. The molecule has 1 aromatic heterocycles. The number of rotatable bonds is 2. The van der Waals surface area contributed by atoms with E-state index in [4.69, 9.17) is 0 Å². The van der Waals surface area contributed by atoms with Gasteiger partial charge in [0.05, 0.1) is 0 Å². The van der Waals surface area contributed by atoms with Crippen LogP contribution >= 0.6 is 0 Å². The van der Waals surface area contributed by atoms with Gasteiger partial charge in [-0.1, -0.05) is 6.07 Å². The summed E-state index contributed by atoms with van der Waals surface area (Å²) in [6, 6.07) is 4.17. The first kappa shape index (κ1) is 6.65. The topological polar surface area (TPSA) is 24.9 Å². The summed E-state index contributed by atoms with van der Waals surface area (Å²) in [6.07, 6.45) is 4.50. The van der Waals surface area contributed by atoms with Gasteiger partial charge in [-0.15, -0.1) is 0 Å². The van der Waals surface area contributed by atoms with Crippen molar-refractivity contribution < 1.29 is 0 Å². The molecule has 2 heteroatoms. The molecule has 1 aliphatic rings. The van der Waals surface area contributed by atoms with Crippen molar-refractivity contribution in [3.63, 3.8) is 0 Å². The predicted molar refractivity (Wildman–Crippen MR) is 45.8 cm³/mol. The Balaban J connectivity index is 2.34. The van der Waals surface area contributed by atoms with Crippen LogP contribution in [-0.4, -0.2) is 12.0 Å². The molecule has 0 aliphatic heterocycles. The summed E-state index contributed by atoms with van der Waals surface area (Å²) in [4.78, 5) is 4.25. The molecular weight excluding hydrogens is 136 g/mol. The van der Waals surface area contributed by atoms with Crippen molar-refractivity contribution in [3.8, 4) is 0 Å². The maximum Gasteiger partial charge on any atom is 0.129 e. The fraction of sp³-hybridized carbons (Fsp3) is 0.444. The molecule has 1 saturated carbocycles. The van der Waals surface area contributed by atoms with E-state index in [0.29, 0.717) is 0 Å². The van der Waals surface area contributed by atoms with E-state index in [1.54, 1.807) is 0 Å². The summed E-state index contributed by atoms with van der Waals surface area (Å²) in [7, 11) is 1.92. The zero-order chi connectivity index (χ0) is 7.68. The van der Waals surface area contributed by atoms with Crippen LogP contribution in [0.15, 0.2) is 18.3 Å². The Labute approximate surface area is 66.7 Å². The molecule has 1 aromatic rings. The minimum absolute atomic E-state index is 0.783. The van der Waals surface area contributed by atoms with Gasteiger partial charge in [-0.2, -0.15) is 0 Å². The molecule has 0 unspecified atom stereocenters. The Morgan fingerprint density at radius 1 is 1.55 bits per heavy atom. The summed E-state index contributed by atoms with van der Waals surface area (Å²) >= 11 is 0. The van der Waals surface area contributed by atoms with Crippen LogP contribution in [0.25, 0.3) is 0 Å². The van der Waals surface area contributed by atoms with Gasteiger partial charge in [0.2, 0.25) is 0 Å². The van der Waals surface area contributed by atoms with Gasteiger partial charge in [-0.25, -0.2) is 4.98 Å². The van der Waals surface area contributed by atoms with Gasteiger partial charge in [0.15, 0.2) is 0 Å². The van der Waals surface area contributed by atoms with Gasteiger partial charge >= 0.3 is 0 Å². The second-order valence-electron chi connectivity index (χ2n) is 2.97. The summed E-state index contributed by atoms with van der Waals surface area (Å²) in [5.41, 5.74) is 1.38. The van der Waals surface area contributed by atoms with Gasteiger partial charge in [0, 0.05) is 13.2 Å². The van der Waals surface area contributed by atoms with E-state index >= 15 is 0 Å². The lowest BCUT2D eigenvalue weighted by Gasteiger charge is -2.04. The standard InChI is InChI=1S/C9H12N2/c1-10-9-8(7-4-5-7)3-2-6-11-9/h2-3,6-7H,4-5H2,1H3,(H,10,11). The molecular formula is C9H12N2. The molecule has 2 rings (SSSR count). The highest BCUT2D eigenvalue weighted by molar-refractivity contribution is 5.46. The molecule has 0 radical (unpaired) electrons. The lowest BCUT2D eigenvalue weighted by molar-refractivity contribution is 1.09. The SMILES string of the molecule is CNc1ncccc1C1CC1. The second kappa shape index (κ2) is 2.53. The number of hydrogen-bond acceptors (Lipinski definition) is 2. The van der Waals surface area contributed by atoms with Crippen LogP contribution in [0.2, 0.25) is 0 Å². The Morgan fingerprint density at radius 3 is 3.00 bits per heavy atom. The summed E-state index contributed by atoms with van der Waals surface area (Å²) in [5, 5.41) is 3.11. The third-order valence-corrected chi connectivity index (χ3v) is 2.09. The van der Waals surface area contributed by atoms with Gasteiger partial charge in [0.1, 0.15) is 5.82 Å². The first-order valence-electron chi connectivity index (χ1n) is 4.04. The molecule has 1 aliphatic carbocycles. The largest absolute Gasteiger partial charge is 0.373 e. The molecule has 1 N–H and O–H groups in total. The van der Waals surface area contributed by atoms with Crippen LogP contribution in [0.3, 0.4) is 0 Å². The van der Waals surface area contributed by atoms with E-state index in [0.717, 1.165) is 11.7 Å². The quantitative estimate of drug-likeness (QED) is 0.693. The van der Waals surface area contributed by atoms with Gasteiger partial charge in [-0.3, -0.25) is 0 Å². The first-order valence-corrected chi connectivity index (χ1v) is 4.04. The molecule has 2 nitrogen and oxygen atoms in total. The third-order valence-electron chi connectivity index (χ3n) is 2.09. The first-order chi connectivity index (χ1) is 5.42. The lowest BCUT2D eigenvalue weighted by atomic mass is 10.2. The summed E-state index contributed by atoms with van der Waals surface area (Å²) in [5.74, 6) is 1.83.